The van der Waals surface area contributed by atoms with Crippen LogP contribution in [0.2, 0.25) is 0 Å². The van der Waals surface area contributed by atoms with Crippen LogP contribution in [0.5, 0.6) is 0 Å². The van der Waals surface area contributed by atoms with Crippen LogP contribution in [0, 0.1) is 0 Å². The van der Waals surface area contributed by atoms with E-state index < -0.39 is 0 Å². The van der Waals surface area contributed by atoms with E-state index in [9.17, 15) is 4.79 Å². The van der Waals surface area contributed by atoms with Crippen LogP contribution in [0.4, 0.5) is 0 Å². The van der Waals surface area contributed by atoms with Gasteiger partial charge in [0.05, 0.1) is 0 Å². The van der Waals surface area contributed by atoms with E-state index in [4.69, 9.17) is 4.74 Å². The largest absolute Gasteiger partial charge is 0.462 e. The van der Waals surface area contributed by atoms with Crippen LogP contribution in [-0.4, -0.2) is 12.1 Å². The van der Waals surface area contributed by atoms with Crippen LogP contribution in [0.25, 0.3) is 0 Å². The molecule has 68 valence electrons. The number of hydrogen-bond acceptors (Lipinski definition) is 2. The van der Waals surface area contributed by atoms with Gasteiger partial charge >= 0.3 is 5.97 Å². The van der Waals surface area contributed by atoms with Crippen LogP contribution in [0.3, 0.4) is 0 Å². The van der Waals surface area contributed by atoms with Crippen molar-refractivity contribution in [3.63, 3.8) is 0 Å². The number of allylic oxidation sites excluding steroid dienone is 2. The van der Waals surface area contributed by atoms with Crippen LogP contribution in [-0.2, 0) is 9.53 Å². The van der Waals surface area contributed by atoms with Crippen molar-refractivity contribution in [2.45, 2.75) is 45.6 Å². The SMILES string of the molecule is CC(C)=CCCC1CCC(=O)O1. The van der Waals surface area contributed by atoms with Gasteiger partial charge in [-0.3, -0.25) is 4.79 Å². The average Bonchev–Trinajstić information content (AvgIpc) is 2.35. The Bertz CT molecular complexity index is 190. The molecule has 0 spiro atoms. The first-order chi connectivity index (χ1) is 5.68. The van der Waals surface area contributed by atoms with Crippen LogP contribution in [0.15, 0.2) is 11.6 Å². The van der Waals surface area contributed by atoms with Gasteiger partial charge in [0, 0.05) is 6.42 Å². The fraction of sp³-hybridized carbons (Fsp3) is 0.700. The molecule has 0 N–H and O–H groups in total. The summed E-state index contributed by atoms with van der Waals surface area (Å²) >= 11 is 0. The van der Waals surface area contributed by atoms with Crippen molar-refractivity contribution in [1.29, 1.82) is 0 Å². The molecule has 1 aliphatic rings. The van der Waals surface area contributed by atoms with Crippen LogP contribution >= 0.6 is 0 Å². The van der Waals surface area contributed by atoms with Crippen molar-refractivity contribution in [3.8, 4) is 0 Å². The summed E-state index contributed by atoms with van der Waals surface area (Å²) in [5.41, 5.74) is 1.33. The summed E-state index contributed by atoms with van der Waals surface area (Å²) in [4.78, 5) is 10.7. The van der Waals surface area contributed by atoms with E-state index in [2.05, 4.69) is 19.9 Å². The molecule has 1 fully saturated rings. The Morgan fingerprint density at radius 3 is 2.92 bits per heavy atom. The van der Waals surface area contributed by atoms with Crippen molar-refractivity contribution < 1.29 is 9.53 Å². The number of rotatable bonds is 3. The Kier molecular flexibility index (Phi) is 3.32. The molecule has 1 unspecified atom stereocenters. The molecule has 1 saturated heterocycles. The predicted octanol–water partition coefficient (Wildman–Crippen LogP) is 2.44. The molecule has 0 amide bonds. The van der Waals surface area contributed by atoms with Crippen molar-refractivity contribution >= 4 is 5.97 Å². The van der Waals surface area contributed by atoms with Crippen molar-refractivity contribution in [3.05, 3.63) is 11.6 Å². The van der Waals surface area contributed by atoms with E-state index in [-0.39, 0.29) is 12.1 Å². The minimum absolute atomic E-state index is 0.0304. The van der Waals surface area contributed by atoms with Crippen molar-refractivity contribution in [2.75, 3.05) is 0 Å². The van der Waals surface area contributed by atoms with E-state index in [0.29, 0.717) is 6.42 Å². The zero-order valence-electron chi connectivity index (χ0n) is 7.80. The standard InChI is InChI=1S/C10H16O2/c1-8(2)4-3-5-9-6-7-10(11)12-9/h4,9H,3,5-7H2,1-2H3. The summed E-state index contributed by atoms with van der Waals surface area (Å²) in [7, 11) is 0. The second-order valence-electron chi connectivity index (χ2n) is 3.51. The molecule has 1 rings (SSSR count). The molecular formula is C10H16O2. The molecule has 0 aromatic carbocycles. The Morgan fingerprint density at radius 2 is 2.42 bits per heavy atom. The van der Waals surface area contributed by atoms with Gasteiger partial charge in [0.15, 0.2) is 0 Å². The number of ether oxygens (including phenoxy) is 1. The minimum atomic E-state index is -0.0304. The number of esters is 1. The summed E-state index contributed by atoms with van der Waals surface area (Å²) in [6.45, 7) is 4.17. The van der Waals surface area contributed by atoms with Gasteiger partial charge in [-0.1, -0.05) is 11.6 Å². The smallest absolute Gasteiger partial charge is 0.306 e. The normalized spacial score (nSPS) is 22.2. The minimum Gasteiger partial charge on any atom is -0.462 e. The number of cyclic esters (lactones) is 1. The first-order valence-corrected chi connectivity index (χ1v) is 4.51. The Morgan fingerprint density at radius 1 is 1.67 bits per heavy atom. The second-order valence-corrected chi connectivity index (χ2v) is 3.51. The molecule has 0 aromatic rings. The van der Waals surface area contributed by atoms with Gasteiger partial charge < -0.3 is 4.74 Å². The Hall–Kier alpha value is -0.790. The second kappa shape index (κ2) is 4.29. The summed E-state index contributed by atoms with van der Waals surface area (Å²) in [5.74, 6) is -0.0304. The molecule has 1 atom stereocenters. The van der Waals surface area contributed by atoms with E-state index in [1.165, 1.54) is 5.57 Å². The summed E-state index contributed by atoms with van der Waals surface area (Å²) in [5, 5.41) is 0. The summed E-state index contributed by atoms with van der Waals surface area (Å²) < 4.78 is 5.07. The number of carbonyl (C=O) groups is 1. The Balaban J connectivity index is 2.16. The average molecular weight is 168 g/mol. The highest BCUT2D eigenvalue weighted by molar-refractivity contribution is 5.71. The topological polar surface area (TPSA) is 26.3 Å². The highest BCUT2D eigenvalue weighted by Crippen LogP contribution is 2.18. The fourth-order valence-corrected chi connectivity index (χ4v) is 1.34. The molecule has 0 saturated carbocycles. The summed E-state index contributed by atoms with van der Waals surface area (Å²) in [6.07, 6.45) is 5.91. The lowest BCUT2D eigenvalue weighted by molar-refractivity contribution is -0.141. The Labute approximate surface area is 73.6 Å². The highest BCUT2D eigenvalue weighted by Gasteiger charge is 2.21. The van der Waals surface area contributed by atoms with Gasteiger partial charge in [0.1, 0.15) is 6.10 Å². The van der Waals surface area contributed by atoms with Gasteiger partial charge in [-0.25, -0.2) is 0 Å². The maximum absolute atomic E-state index is 10.7. The lowest BCUT2D eigenvalue weighted by atomic mass is 10.1. The highest BCUT2D eigenvalue weighted by atomic mass is 16.5. The van der Waals surface area contributed by atoms with Gasteiger partial charge in [0.2, 0.25) is 0 Å². The third-order valence-corrected chi connectivity index (χ3v) is 2.01. The molecule has 1 heterocycles. The molecule has 0 bridgehead atoms. The lowest BCUT2D eigenvalue weighted by Gasteiger charge is -2.06. The quantitative estimate of drug-likeness (QED) is 0.478. The van der Waals surface area contributed by atoms with Crippen LogP contribution in [0.1, 0.15) is 39.5 Å². The van der Waals surface area contributed by atoms with E-state index in [1.807, 2.05) is 0 Å². The predicted molar refractivity (Wildman–Crippen MR) is 47.8 cm³/mol. The van der Waals surface area contributed by atoms with Crippen molar-refractivity contribution in [1.82, 2.24) is 0 Å². The van der Waals surface area contributed by atoms with Gasteiger partial charge in [-0.2, -0.15) is 0 Å². The van der Waals surface area contributed by atoms with Gasteiger partial charge in [-0.15, -0.1) is 0 Å². The molecule has 0 aromatic heterocycles. The third-order valence-electron chi connectivity index (χ3n) is 2.01. The third kappa shape index (κ3) is 3.07. The number of hydrogen-bond donors (Lipinski definition) is 0. The molecular weight excluding hydrogens is 152 g/mol. The zero-order chi connectivity index (χ0) is 8.97. The summed E-state index contributed by atoms with van der Waals surface area (Å²) in [6, 6.07) is 0. The molecule has 1 aliphatic heterocycles. The zero-order valence-corrected chi connectivity index (χ0v) is 7.80. The van der Waals surface area contributed by atoms with Crippen molar-refractivity contribution in [2.24, 2.45) is 0 Å². The fourth-order valence-electron chi connectivity index (χ4n) is 1.34. The number of carbonyl (C=O) groups excluding carboxylic acids is 1. The lowest BCUT2D eigenvalue weighted by Crippen LogP contribution is -2.05. The van der Waals surface area contributed by atoms with Gasteiger partial charge in [0.25, 0.3) is 0 Å². The molecule has 0 aliphatic carbocycles. The van der Waals surface area contributed by atoms with E-state index in [1.54, 1.807) is 0 Å². The molecule has 0 radical (unpaired) electrons. The first kappa shape index (κ1) is 9.30. The van der Waals surface area contributed by atoms with E-state index in [0.717, 1.165) is 19.3 Å². The monoisotopic (exact) mass is 168 g/mol. The first-order valence-electron chi connectivity index (χ1n) is 4.51. The molecule has 2 nitrogen and oxygen atoms in total. The molecule has 2 heteroatoms. The van der Waals surface area contributed by atoms with Gasteiger partial charge in [-0.05, 0) is 33.1 Å². The maximum Gasteiger partial charge on any atom is 0.306 e. The maximum atomic E-state index is 10.7. The van der Waals surface area contributed by atoms with Crippen LogP contribution < -0.4 is 0 Å². The van der Waals surface area contributed by atoms with E-state index >= 15 is 0 Å². The molecule has 12 heavy (non-hydrogen) atoms.